The third kappa shape index (κ3) is 4.31. The van der Waals surface area contributed by atoms with Gasteiger partial charge in [0.2, 0.25) is 0 Å². The highest BCUT2D eigenvalue weighted by molar-refractivity contribution is 5.43. The van der Waals surface area contributed by atoms with E-state index in [-0.39, 0.29) is 0 Å². The zero-order valence-electron chi connectivity index (χ0n) is 12.3. The number of nitrogens with zero attached hydrogens (tertiary/aromatic N) is 1. The van der Waals surface area contributed by atoms with E-state index in [9.17, 15) is 0 Å². The number of hydrogen-bond acceptors (Lipinski definition) is 3. The zero-order valence-corrected chi connectivity index (χ0v) is 12.3. The fourth-order valence-corrected chi connectivity index (χ4v) is 2.29. The van der Waals surface area contributed by atoms with E-state index in [4.69, 9.17) is 4.74 Å². The van der Waals surface area contributed by atoms with Crippen molar-refractivity contribution < 1.29 is 4.74 Å². The van der Waals surface area contributed by atoms with Crippen molar-refractivity contribution in [1.82, 2.24) is 10.2 Å². The van der Waals surface area contributed by atoms with Crippen molar-refractivity contribution in [3.63, 3.8) is 0 Å². The van der Waals surface area contributed by atoms with Crippen LogP contribution < -0.4 is 10.1 Å². The van der Waals surface area contributed by atoms with Crippen LogP contribution in [0.25, 0.3) is 0 Å². The first-order valence-electron chi connectivity index (χ1n) is 6.61. The molecule has 0 heterocycles. The van der Waals surface area contributed by atoms with Crippen LogP contribution in [0.4, 0.5) is 0 Å². The van der Waals surface area contributed by atoms with E-state index < -0.39 is 0 Å². The number of nitrogens with one attached hydrogen (secondary N) is 1. The van der Waals surface area contributed by atoms with Gasteiger partial charge in [-0.2, -0.15) is 0 Å². The lowest BCUT2D eigenvalue weighted by molar-refractivity contribution is 0.325. The molecule has 0 radical (unpaired) electrons. The van der Waals surface area contributed by atoms with E-state index in [1.807, 2.05) is 0 Å². The fourth-order valence-electron chi connectivity index (χ4n) is 2.29. The van der Waals surface area contributed by atoms with E-state index in [2.05, 4.69) is 50.2 Å². The summed E-state index contributed by atoms with van der Waals surface area (Å²) in [6.07, 6.45) is 0. The molecule has 0 aliphatic rings. The lowest BCUT2D eigenvalue weighted by atomic mass is 10.1. The molecule has 0 aliphatic carbocycles. The van der Waals surface area contributed by atoms with Gasteiger partial charge in [0.25, 0.3) is 0 Å². The summed E-state index contributed by atoms with van der Waals surface area (Å²) < 4.78 is 5.39. The van der Waals surface area contributed by atoms with Gasteiger partial charge in [-0.1, -0.05) is 19.1 Å². The van der Waals surface area contributed by atoms with Gasteiger partial charge in [-0.05, 0) is 44.1 Å². The van der Waals surface area contributed by atoms with Crippen LogP contribution in [-0.4, -0.2) is 38.7 Å². The first kappa shape index (κ1) is 15.0. The first-order valence-corrected chi connectivity index (χ1v) is 6.61. The molecule has 0 amide bonds. The Morgan fingerprint density at radius 2 is 1.83 bits per heavy atom. The van der Waals surface area contributed by atoms with Crippen molar-refractivity contribution >= 4 is 0 Å². The van der Waals surface area contributed by atoms with Gasteiger partial charge in [-0.3, -0.25) is 0 Å². The maximum atomic E-state index is 5.39. The van der Waals surface area contributed by atoms with Crippen LogP contribution >= 0.6 is 0 Å². The van der Waals surface area contributed by atoms with Gasteiger partial charge >= 0.3 is 0 Å². The van der Waals surface area contributed by atoms with Crippen LogP contribution in [0, 0.1) is 13.8 Å². The minimum absolute atomic E-state index is 0.983. The van der Waals surface area contributed by atoms with Crippen molar-refractivity contribution in [3.8, 4) is 5.75 Å². The van der Waals surface area contributed by atoms with E-state index in [0.717, 1.165) is 31.9 Å². The molecule has 0 unspecified atom stereocenters. The Morgan fingerprint density at radius 3 is 2.33 bits per heavy atom. The molecule has 0 spiro atoms. The monoisotopic (exact) mass is 250 g/mol. The molecular formula is C15H26N2O. The van der Waals surface area contributed by atoms with Crippen molar-refractivity contribution in [2.45, 2.75) is 27.3 Å². The van der Waals surface area contributed by atoms with Crippen LogP contribution in [0.2, 0.25) is 0 Å². The lowest BCUT2D eigenvalue weighted by Crippen LogP contribution is -2.28. The molecule has 0 saturated heterocycles. The Labute approximate surface area is 111 Å². The smallest absolute Gasteiger partial charge is 0.124 e. The highest BCUT2D eigenvalue weighted by atomic mass is 16.5. The Hall–Kier alpha value is -1.06. The zero-order chi connectivity index (χ0) is 13.5. The van der Waals surface area contributed by atoms with Crippen molar-refractivity contribution in [1.29, 1.82) is 0 Å². The van der Waals surface area contributed by atoms with Crippen molar-refractivity contribution in [2.24, 2.45) is 0 Å². The Kier molecular flexibility index (Phi) is 6.16. The fraction of sp³-hybridized carbons (Fsp3) is 0.600. The van der Waals surface area contributed by atoms with Gasteiger partial charge in [-0.25, -0.2) is 0 Å². The molecule has 1 aromatic rings. The average Bonchev–Trinajstić information content (AvgIpc) is 2.29. The van der Waals surface area contributed by atoms with Gasteiger partial charge in [0, 0.05) is 19.6 Å². The second-order valence-corrected chi connectivity index (χ2v) is 4.85. The van der Waals surface area contributed by atoms with E-state index >= 15 is 0 Å². The summed E-state index contributed by atoms with van der Waals surface area (Å²) in [4.78, 5) is 2.34. The predicted molar refractivity (Wildman–Crippen MR) is 77.3 cm³/mol. The van der Waals surface area contributed by atoms with E-state index in [1.165, 1.54) is 16.7 Å². The van der Waals surface area contributed by atoms with Gasteiger partial charge in [0.15, 0.2) is 0 Å². The summed E-state index contributed by atoms with van der Waals surface area (Å²) in [5.41, 5.74) is 3.78. The lowest BCUT2D eigenvalue weighted by Gasteiger charge is -2.18. The van der Waals surface area contributed by atoms with Crippen molar-refractivity contribution in [2.75, 3.05) is 33.8 Å². The van der Waals surface area contributed by atoms with Gasteiger partial charge in [0.05, 0.1) is 7.11 Å². The summed E-state index contributed by atoms with van der Waals surface area (Å²) in [7, 11) is 3.89. The Morgan fingerprint density at radius 1 is 1.22 bits per heavy atom. The summed E-state index contributed by atoms with van der Waals surface area (Å²) in [5, 5.41) is 3.34. The Bertz CT molecular complexity index is 354. The average molecular weight is 250 g/mol. The molecular weight excluding hydrogens is 224 g/mol. The number of methoxy groups -OCH3 is 1. The minimum Gasteiger partial charge on any atom is -0.496 e. The summed E-state index contributed by atoms with van der Waals surface area (Å²) in [6, 6.07) is 4.44. The highest BCUT2D eigenvalue weighted by Crippen LogP contribution is 2.24. The number of rotatable bonds is 7. The quantitative estimate of drug-likeness (QED) is 0.752. The topological polar surface area (TPSA) is 24.5 Å². The summed E-state index contributed by atoms with van der Waals surface area (Å²) >= 11 is 0. The van der Waals surface area contributed by atoms with Crippen molar-refractivity contribution in [3.05, 3.63) is 28.8 Å². The van der Waals surface area contributed by atoms with Crippen LogP contribution in [0.15, 0.2) is 12.1 Å². The third-order valence-corrected chi connectivity index (χ3v) is 3.10. The molecule has 0 aromatic heterocycles. The summed E-state index contributed by atoms with van der Waals surface area (Å²) in [5.74, 6) is 1.01. The first-order chi connectivity index (χ1) is 8.58. The minimum atomic E-state index is 0.983. The number of ether oxygens (including phenoxy) is 1. The highest BCUT2D eigenvalue weighted by Gasteiger charge is 2.07. The normalized spacial score (nSPS) is 11.0. The molecule has 0 saturated carbocycles. The van der Waals surface area contributed by atoms with E-state index in [1.54, 1.807) is 7.11 Å². The maximum Gasteiger partial charge on any atom is 0.124 e. The van der Waals surface area contributed by atoms with Gasteiger partial charge in [-0.15, -0.1) is 0 Å². The van der Waals surface area contributed by atoms with Crippen LogP contribution in [-0.2, 0) is 6.54 Å². The second kappa shape index (κ2) is 7.39. The molecule has 18 heavy (non-hydrogen) atoms. The molecule has 0 atom stereocenters. The maximum absolute atomic E-state index is 5.39. The molecule has 3 nitrogen and oxygen atoms in total. The molecule has 0 bridgehead atoms. The van der Waals surface area contributed by atoms with Gasteiger partial charge < -0.3 is 15.0 Å². The van der Waals surface area contributed by atoms with Crippen LogP contribution in [0.1, 0.15) is 23.6 Å². The summed E-state index contributed by atoms with van der Waals surface area (Å²) in [6.45, 7) is 10.5. The SMILES string of the molecule is CCNCCN(C)Cc1cc(C)c(OC)c(C)c1. The number of hydrogen-bond donors (Lipinski definition) is 1. The molecule has 102 valence electrons. The number of likely N-dealkylation sites (N-methyl/N-ethyl adjacent to an activating group) is 2. The standard InChI is InChI=1S/C15H26N2O/c1-6-16-7-8-17(4)11-14-9-12(2)15(18-5)13(3)10-14/h9-10,16H,6-8,11H2,1-5H3. The molecule has 0 fully saturated rings. The van der Waals surface area contributed by atoms with Gasteiger partial charge in [0.1, 0.15) is 5.75 Å². The molecule has 1 rings (SSSR count). The van der Waals surface area contributed by atoms with E-state index in [0.29, 0.717) is 0 Å². The number of aryl methyl sites for hydroxylation is 2. The molecule has 0 aliphatic heterocycles. The van der Waals surface area contributed by atoms with Crippen LogP contribution in [0.5, 0.6) is 5.75 Å². The molecule has 1 N–H and O–H groups in total. The third-order valence-electron chi connectivity index (χ3n) is 3.10. The molecule has 3 heteroatoms. The Balaban J connectivity index is 2.62. The van der Waals surface area contributed by atoms with Crippen LogP contribution in [0.3, 0.4) is 0 Å². The second-order valence-electron chi connectivity index (χ2n) is 4.85. The number of benzene rings is 1. The predicted octanol–water partition coefficient (Wildman–Crippen LogP) is 2.35. The molecule has 1 aromatic carbocycles. The largest absolute Gasteiger partial charge is 0.496 e.